The number of anilines is 1. The number of aliphatic hydroxyl groups excluding tert-OH is 1. The SMILES string of the molecule is C[C@H](O)CNS(=O)(=O)c1cc(N)c(F)cc1Br. The average Bonchev–Trinajstić information content (AvgIpc) is 2.20. The Balaban J connectivity index is 3.11. The quantitative estimate of drug-likeness (QED) is 0.714. The van der Waals surface area contributed by atoms with Crippen molar-refractivity contribution in [2.24, 2.45) is 0 Å². The Morgan fingerprint density at radius 2 is 2.18 bits per heavy atom. The van der Waals surface area contributed by atoms with E-state index in [1.54, 1.807) is 0 Å². The first kappa shape index (κ1) is 14.4. The summed E-state index contributed by atoms with van der Waals surface area (Å²) in [6, 6.07) is 2.00. The van der Waals surface area contributed by atoms with Crippen molar-refractivity contribution < 1.29 is 17.9 Å². The second kappa shape index (κ2) is 5.30. The molecule has 96 valence electrons. The van der Waals surface area contributed by atoms with Gasteiger partial charge in [0.25, 0.3) is 0 Å². The molecule has 0 heterocycles. The standard InChI is InChI=1S/C9H12BrFN2O3S/c1-5(14)4-13-17(15,16)9-3-8(12)7(11)2-6(9)10/h2-3,5,13-14H,4,12H2,1H3/t5-/m0/s1. The van der Waals surface area contributed by atoms with Crippen LogP contribution >= 0.6 is 15.9 Å². The molecule has 5 nitrogen and oxygen atoms in total. The molecule has 0 amide bonds. The molecule has 0 aliphatic carbocycles. The molecular weight excluding hydrogens is 315 g/mol. The summed E-state index contributed by atoms with van der Waals surface area (Å²) in [5.41, 5.74) is 5.05. The maximum absolute atomic E-state index is 13.1. The van der Waals surface area contributed by atoms with E-state index in [0.717, 1.165) is 12.1 Å². The van der Waals surface area contributed by atoms with Crippen LogP contribution in [0.4, 0.5) is 10.1 Å². The number of benzene rings is 1. The summed E-state index contributed by atoms with van der Waals surface area (Å²) in [6.07, 6.45) is -0.818. The van der Waals surface area contributed by atoms with Crippen molar-refractivity contribution in [2.75, 3.05) is 12.3 Å². The third-order valence-corrected chi connectivity index (χ3v) is 4.29. The molecule has 0 radical (unpaired) electrons. The Morgan fingerprint density at radius 3 is 2.71 bits per heavy atom. The Kier molecular flexibility index (Phi) is 4.48. The molecule has 1 atom stereocenters. The highest BCUT2D eigenvalue weighted by molar-refractivity contribution is 9.10. The number of nitrogens with one attached hydrogen (secondary N) is 1. The number of nitrogen functional groups attached to an aromatic ring is 1. The van der Waals surface area contributed by atoms with Crippen LogP contribution < -0.4 is 10.5 Å². The lowest BCUT2D eigenvalue weighted by Crippen LogP contribution is -2.31. The van der Waals surface area contributed by atoms with E-state index in [-0.39, 0.29) is 21.6 Å². The van der Waals surface area contributed by atoms with Gasteiger partial charge in [0.2, 0.25) is 10.0 Å². The van der Waals surface area contributed by atoms with Gasteiger partial charge in [0.15, 0.2) is 0 Å². The van der Waals surface area contributed by atoms with Crippen molar-refractivity contribution in [3.05, 3.63) is 22.4 Å². The average molecular weight is 327 g/mol. The van der Waals surface area contributed by atoms with Crippen LogP contribution in [0.15, 0.2) is 21.5 Å². The number of halogens is 2. The molecule has 0 fully saturated rings. The summed E-state index contributed by atoms with van der Waals surface area (Å²) in [4.78, 5) is -0.169. The fourth-order valence-corrected chi connectivity index (χ4v) is 3.23. The topological polar surface area (TPSA) is 92.4 Å². The van der Waals surface area contributed by atoms with E-state index in [1.165, 1.54) is 6.92 Å². The summed E-state index contributed by atoms with van der Waals surface area (Å²) in [7, 11) is -3.83. The fourth-order valence-electron chi connectivity index (χ4n) is 1.06. The number of nitrogens with two attached hydrogens (primary N) is 1. The number of aliphatic hydroxyl groups is 1. The number of hydrogen-bond acceptors (Lipinski definition) is 4. The monoisotopic (exact) mass is 326 g/mol. The van der Waals surface area contributed by atoms with Gasteiger partial charge in [-0.15, -0.1) is 0 Å². The van der Waals surface area contributed by atoms with Crippen LogP contribution in [0, 0.1) is 5.82 Å². The highest BCUT2D eigenvalue weighted by Crippen LogP contribution is 2.26. The van der Waals surface area contributed by atoms with Gasteiger partial charge in [-0.1, -0.05) is 0 Å². The fraction of sp³-hybridized carbons (Fsp3) is 0.333. The highest BCUT2D eigenvalue weighted by atomic mass is 79.9. The zero-order chi connectivity index (χ0) is 13.2. The van der Waals surface area contributed by atoms with Crippen molar-refractivity contribution in [3.63, 3.8) is 0 Å². The molecule has 0 aromatic heterocycles. The molecule has 0 spiro atoms. The lowest BCUT2D eigenvalue weighted by molar-refractivity contribution is 0.198. The van der Waals surface area contributed by atoms with Crippen molar-refractivity contribution in [1.82, 2.24) is 4.72 Å². The first-order valence-electron chi connectivity index (χ1n) is 4.66. The molecule has 0 saturated carbocycles. The molecule has 4 N–H and O–H groups in total. The molecule has 1 aromatic carbocycles. The molecule has 1 rings (SSSR count). The van der Waals surface area contributed by atoms with Crippen LogP contribution in [0.1, 0.15) is 6.92 Å². The van der Waals surface area contributed by atoms with E-state index in [4.69, 9.17) is 10.8 Å². The predicted molar refractivity (Wildman–Crippen MR) is 65.4 cm³/mol. The molecule has 1 aromatic rings. The maximum Gasteiger partial charge on any atom is 0.241 e. The van der Waals surface area contributed by atoms with E-state index in [2.05, 4.69) is 20.7 Å². The summed E-state index contributed by atoms with van der Waals surface area (Å²) >= 11 is 2.95. The molecule has 0 aliphatic heterocycles. The van der Waals surface area contributed by atoms with Crippen molar-refractivity contribution in [3.8, 4) is 0 Å². The van der Waals surface area contributed by atoms with E-state index >= 15 is 0 Å². The number of rotatable bonds is 4. The zero-order valence-electron chi connectivity index (χ0n) is 8.94. The lowest BCUT2D eigenvalue weighted by atomic mass is 10.3. The molecule has 0 aliphatic rings. The summed E-state index contributed by atoms with van der Waals surface area (Å²) < 4.78 is 38.9. The maximum atomic E-state index is 13.1. The first-order chi connectivity index (χ1) is 7.74. The smallest absolute Gasteiger partial charge is 0.241 e. The second-order valence-corrected chi connectivity index (χ2v) is 6.09. The van der Waals surface area contributed by atoms with Gasteiger partial charge in [0, 0.05) is 11.0 Å². The van der Waals surface area contributed by atoms with Gasteiger partial charge in [-0.25, -0.2) is 17.5 Å². The van der Waals surface area contributed by atoms with Crippen LogP contribution in [0.2, 0.25) is 0 Å². The number of hydrogen-bond donors (Lipinski definition) is 3. The van der Waals surface area contributed by atoms with Crippen LogP contribution in [0.5, 0.6) is 0 Å². The number of sulfonamides is 1. The van der Waals surface area contributed by atoms with Crippen molar-refractivity contribution in [2.45, 2.75) is 17.9 Å². The first-order valence-corrected chi connectivity index (χ1v) is 6.94. The van der Waals surface area contributed by atoms with E-state index in [9.17, 15) is 12.8 Å². The van der Waals surface area contributed by atoms with Gasteiger partial charge in [-0.05, 0) is 35.0 Å². The minimum absolute atomic E-state index is 0.0716. The minimum Gasteiger partial charge on any atom is -0.396 e. The van der Waals surface area contributed by atoms with Gasteiger partial charge in [-0.2, -0.15) is 0 Å². The third-order valence-electron chi connectivity index (χ3n) is 1.91. The van der Waals surface area contributed by atoms with Crippen LogP contribution in [-0.2, 0) is 10.0 Å². The summed E-state index contributed by atoms with van der Waals surface area (Å²) in [5, 5.41) is 9.01. The molecule has 0 bridgehead atoms. The Hall–Kier alpha value is -0.700. The Bertz CT molecular complexity index is 519. The Morgan fingerprint density at radius 1 is 1.59 bits per heavy atom. The minimum atomic E-state index is -3.83. The largest absolute Gasteiger partial charge is 0.396 e. The van der Waals surface area contributed by atoms with E-state index < -0.39 is 21.9 Å². The van der Waals surface area contributed by atoms with Gasteiger partial charge in [-0.3, -0.25) is 0 Å². The molecule has 8 heteroatoms. The lowest BCUT2D eigenvalue weighted by Gasteiger charge is -2.10. The van der Waals surface area contributed by atoms with E-state index in [0.29, 0.717) is 0 Å². The third kappa shape index (κ3) is 3.63. The molecule has 17 heavy (non-hydrogen) atoms. The van der Waals surface area contributed by atoms with Gasteiger partial charge in [0.1, 0.15) is 5.82 Å². The van der Waals surface area contributed by atoms with Crippen molar-refractivity contribution in [1.29, 1.82) is 0 Å². The van der Waals surface area contributed by atoms with Gasteiger partial charge < -0.3 is 10.8 Å². The van der Waals surface area contributed by atoms with Gasteiger partial charge >= 0.3 is 0 Å². The molecular formula is C9H12BrFN2O3S. The highest BCUT2D eigenvalue weighted by Gasteiger charge is 2.19. The van der Waals surface area contributed by atoms with E-state index in [1.807, 2.05) is 0 Å². The normalized spacial score (nSPS) is 13.6. The van der Waals surface area contributed by atoms with Crippen LogP contribution in [-0.4, -0.2) is 26.2 Å². The predicted octanol–water partition coefficient (Wildman–Crippen LogP) is 0.829. The molecule has 0 unspecified atom stereocenters. The summed E-state index contributed by atoms with van der Waals surface area (Å²) in [5.74, 6) is -0.702. The van der Waals surface area contributed by atoms with Crippen molar-refractivity contribution >= 4 is 31.6 Å². The zero-order valence-corrected chi connectivity index (χ0v) is 11.3. The van der Waals surface area contributed by atoms with Crippen LogP contribution in [0.25, 0.3) is 0 Å². The second-order valence-electron chi connectivity index (χ2n) is 3.51. The van der Waals surface area contributed by atoms with Crippen LogP contribution in [0.3, 0.4) is 0 Å². The van der Waals surface area contributed by atoms with Gasteiger partial charge in [0.05, 0.1) is 16.7 Å². The Labute approximate surface area is 107 Å². The summed E-state index contributed by atoms with van der Waals surface area (Å²) in [6.45, 7) is 1.31. The molecule has 0 saturated heterocycles.